The summed E-state index contributed by atoms with van der Waals surface area (Å²) in [5.74, 6) is -1.38. The molecule has 2 aliphatic rings. The smallest absolute Gasteiger partial charge is 0.273 e. The van der Waals surface area contributed by atoms with Gasteiger partial charge in [-0.25, -0.2) is 4.39 Å². The fraction of sp³-hybridized carbons (Fsp3) is 0.577. The van der Waals surface area contributed by atoms with Crippen molar-refractivity contribution in [1.82, 2.24) is 14.8 Å². The van der Waals surface area contributed by atoms with E-state index in [2.05, 4.69) is 10.6 Å². The van der Waals surface area contributed by atoms with Gasteiger partial charge in [0.05, 0.1) is 17.7 Å². The average Bonchev–Trinajstić information content (AvgIpc) is 3.10. The highest BCUT2D eigenvalue weighted by Crippen LogP contribution is 2.39. The molecule has 2 heterocycles. The minimum absolute atomic E-state index is 0.0975. The number of hydrogen-bond acceptors (Lipinski definition) is 4. The molecule has 2 N–H and O–H groups in total. The van der Waals surface area contributed by atoms with Gasteiger partial charge in [-0.2, -0.15) is 0 Å². The summed E-state index contributed by atoms with van der Waals surface area (Å²) in [5, 5.41) is 6.37. The van der Waals surface area contributed by atoms with Crippen LogP contribution in [-0.2, 0) is 20.9 Å². The molecule has 35 heavy (non-hydrogen) atoms. The number of benzene rings is 1. The van der Waals surface area contributed by atoms with Crippen LogP contribution < -0.4 is 10.6 Å². The summed E-state index contributed by atoms with van der Waals surface area (Å²) in [6.07, 6.45) is 5.77. The molecular formula is C26H35FN4O4. The molecule has 0 unspecified atom stereocenters. The Morgan fingerprint density at radius 2 is 1.97 bits per heavy atom. The quantitative estimate of drug-likeness (QED) is 0.555. The number of fused-ring (bicyclic) bond motifs is 3. The molecule has 1 saturated carbocycles. The molecule has 1 aliphatic carbocycles. The maximum atomic E-state index is 14.2. The molecular weight excluding hydrogens is 451 g/mol. The molecule has 1 fully saturated rings. The first-order chi connectivity index (χ1) is 16.8. The third-order valence-electron chi connectivity index (χ3n) is 7.14. The van der Waals surface area contributed by atoms with Gasteiger partial charge in [0, 0.05) is 38.1 Å². The molecule has 9 heteroatoms. The number of ether oxygens (including phenoxy) is 1. The van der Waals surface area contributed by atoms with Crippen molar-refractivity contribution < 1.29 is 23.5 Å². The minimum atomic E-state index is -1.15. The fourth-order valence-electron chi connectivity index (χ4n) is 5.36. The maximum absolute atomic E-state index is 14.2. The van der Waals surface area contributed by atoms with Gasteiger partial charge in [-0.3, -0.25) is 14.4 Å². The van der Waals surface area contributed by atoms with Crippen molar-refractivity contribution in [2.45, 2.75) is 77.4 Å². The molecule has 1 aromatic heterocycles. The molecule has 1 atom stereocenters. The normalized spacial score (nSPS) is 20.7. The predicted molar refractivity (Wildman–Crippen MR) is 132 cm³/mol. The van der Waals surface area contributed by atoms with Gasteiger partial charge in [0.15, 0.2) is 0 Å². The zero-order valence-electron chi connectivity index (χ0n) is 20.8. The molecule has 8 nitrogen and oxygen atoms in total. The average molecular weight is 487 g/mol. The second-order valence-electron chi connectivity index (χ2n) is 9.74. The van der Waals surface area contributed by atoms with Crippen LogP contribution in [0.4, 0.5) is 10.1 Å². The Hall–Kier alpha value is -2.94. The first kappa shape index (κ1) is 25.2. The van der Waals surface area contributed by atoms with Gasteiger partial charge in [0.2, 0.25) is 11.8 Å². The fourth-order valence-corrected chi connectivity index (χ4v) is 5.36. The number of hydrogen-bond donors (Lipinski definition) is 2. The van der Waals surface area contributed by atoms with Gasteiger partial charge < -0.3 is 24.8 Å². The molecule has 2 aromatic rings. The number of nitrogens with one attached hydrogen (secondary N) is 2. The van der Waals surface area contributed by atoms with Crippen molar-refractivity contribution in [2.24, 2.45) is 0 Å². The summed E-state index contributed by atoms with van der Waals surface area (Å²) in [6, 6.07) is 4.33. The molecule has 0 spiro atoms. The third kappa shape index (κ3) is 4.91. The van der Waals surface area contributed by atoms with Gasteiger partial charge in [-0.1, -0.05) is 19.3 Å². The second kappa shape index (κ2) is 10.4. The molecule has 190 valence electrons. The van der Waals surface area contributed by atoms with Crippen LogP contribution in [0.3, 0.4) is 0 Å². The lowest BCUT2D eigenvalue weighted by molar-refractivity contribution is -0.134. The van der Waals surface area contributed by atoms with Crippen molar-refractivity contribution in [3.05, 3.63) is 29.7 Å². The number of aromatic nitrogens is 1. The third-order valence-corrected chi connectivity index (χ3v) is 7.14. The number of rotatable bonds is 8. The zero-order chi connectivity index (χ0) is 25.2. The highest BCUT2D eigenvalue weighted by Gasteiger charge is 2.49. The van der Waals surface area contributed by atoms with Gasteiger partial charge in [-0.05, 0) is 51.3 Å². The number of amides is 3. The standard InChI is InChI=1S/C26H35FN4O4/c1-4-35-14-8-13-31-24(33)23-22(28-17(2)32)20-15-18(27)11-12-21(20)30(23)16-26(31,3)25(34)29-19-9-6-5-7-10-19/h11-12,15,19H,4-10,13-14,16H2,1-3H3,(H,28,32)(H,29,34)/t26-/m0/s1. The van der Waals surface area contributed by atoms with Crippen molar-refractivity contribution in [3.63, 3.8) is 0 Å². The van der Waals surface area contributed by atoms with E-state index in [1.807, 2.05) is 6.92 Å². The first-order valence-electron chi connectivity index (χ1n) is 12.6. The Balaban J connectivity index is 1.77. The summed E-state index contributed by atoms with van der Waals surface area (Å²) in [4.78, 5) is 41.3. The molecule has 1 aliphatic heterocycles. The highest BCUT2D eigenvalue weighted by atomic mass is 19.1. The molecule has 4 rings (SSSR count). The molecule has 0 radical (unpaired) electrons. The van der Waals surface area contributed by atoms with Crippen LogP contribution >= 0.6 is 0 Å². The monoisotopic (exact) mass is 486 g/mol. The van der Waals surface area contributed by atoms with E-state index in [0.29, 0.717) is 37.1 Å². The molecule has 0 saturated heterocycles. The van der Waals surface area contributed by atoms with E-state index in [9.17, 15) is 18.8 Å². The minimum Gasteiger partial charge on any atom is -0.382 e. The lowest BCUT2D eigenvalue weighted by Crippen LogP contribution is -2.65. The van der Waals surface area contributed by atoms with Crippen molar-refractivity contribution >= 4 is 34.3 Å². The Morgan fingerprint density at radius 3 is 2.66 bits per heavy atom. The van der Waals surface area contributed by atoms with Gasteiger partial charge in [-0.15, -0.1) is 0 Å². The molecule has 3 amide bonds. The van der Waals surface area contributed by atoms with Crippen LogP contribution in [0.5, 0.6) is 0 Å². The van der Waals surface area contributed by atoms with Gasteiger partial charge in [0.1, 0.15) is 17.1 Å². The SMILES string of the molecule is CCOCCCN1C(=O)c2c(NC(C)=O)c3cc(F)ccc3n2C[C@@]1(C)C(=O)NC1CCCCC1. The maximum Gasteiger partial charge on any atom is 0.273 e. The van der Waals surface area contributed by atoms with E-state index in [1.54, 1.807) is 22.5 Å². The zero-order valence-corrected chi connectivity index (χ0v) is 20.8. The van der Waals surface area contributed by atoms with Gasteiger partial charge in [0.25, 0.3) is 5.91 Å². The Morgan fingerprint density at radius 1 is 1.23 bits per heavy atom. The first-order valence-corrected chi connectivity index (χ1v) is 12.6. The van der Waals surface area contributed by atoms with Crippen LogP contribution in [0.25, 0.3) is 10.9 Å². The molecule has 1 aromatic carbocycles. The number of carbonyl (C=O) groups excluding carboxylic acids is 3. The topological polar surface area (TPSA) is 92.7 Å². The Labute approximate surface area is 205 Å². The van der Waals surface area contributed by atoms with Crippen molar-refractivity contribution in [2.75, 3.05) is 25.1 Å². The van der Waals surface area contributed by atoms with Crippen LogP contribution in [-0.4, -0.2) is 58.5 Å². The largest absolute Gasteiger partial charge is 0.382 e. The van der Waals surface area contributed by atoms with E-state index < -0.39 is 11.4 Å². The van der Waals surface area contributed by atoms with E-state index in [-0.39, 0.29) is 41.7 Å². The van der Waals surface area contributed by atoms with E-state index >= 15 is 0 Å². The number of carbonyl (C=O) groups is 3. The van der Waals surface area contributed by atoms with Crippen LogP contribution in [0, 0.1) is 5.82 Å². The number of nitrogens with zero attached hydrogens (tertiary/aromatic N) is 2. The van der Waals surface area contributed by atoms with E-state index in [4.69, 9.17) is 4.74 Å². The van der Waals surface area contributed by atoms with Crippen LogP contribution in [0.15, 0.2) is 18.2 Å². The lowest BCUT2D eigenvalue weighted by atomic mass is 9.91. The summed E-state index contributed by atoms with van der Waals surface area (Å²) < 4.78 is 21.4. The number of anilines is 1. The van der Waals surface area contributed by atoms with Crippen molar-refractivity contribution in [1.29, 1.82) is 0 Å². The number of halogens is 1. The van der Waals surface area contributed by atoms with Crippen LogP contribution in [0.1, 0.15) is 69.8 Å². The Bertz CT molecular complexity index is 1120. The summed E-state index contributed by atoms with van der Waals surface area (Å²) in [6.45, 7) is 6.61. The van der Waals surface area contributed by atoms with E-state index in [1.165, 1.54) is 25.5 Å². The van der Waals surface area contributed by atoms with E-state index in [0.717, 1.165) is 25.7 Å². The van der Waals surface area contributed by atoms with Crippen molar-refractivity contribution in [3.8, 4) is 0 Å². The summed E-state index contributed by atoms with van der Waals surface area (Å²) >= 11 is 0. The summed E-state index contributed by atoms with van der Waals surface area (Å²) in [5.41, 5.74) is -0.00690. The predicted octanol–water partition coefficient (Wildman–Crippen LogP) is 3.83. The molecule has 0 bridgehead atoms. The second-order valence-corrected chi connectivity index (χ2v) is 9.74. The summed E-state index contributed by atoms with van der Waals surface area (Å²) in [7, 11) is 0. The lowest BCUT2D eigenvalue weighted by Gasteiger charge is -2.45. The Kier molecular flexibility index (Phi) is 7.44. The van der Waals surface area contributed by atoms with Gasteiger partial charge >= 0.3 is 0 Å². The highest BCUT2D eigenvalue weighted by molar-refractivity contribution is 6.14. The van der Waals surface area contributed by atoms with Crippen LogP contribution in [0.2, 0.25) is 0 Å².